The number of methoxy groups -OCH3 is 1. The van der Waals surface area contributed by atoms with Gasteiger partial charge >= 0.3 is 5.97 Å². The number of hydrogen-bond donors (Lipinski definition) is 1. The first-order valence-corrected chi connectivity index (χ1v) is 8.24. The molecule has 0 atom stereocenters. The van der Waals surface area contributed by atoms with Crippen molar-refractivity contribution in [2.24, 2.45) is 0 Å². The van der Waals surface area contributed by atoms with Gasteiger partial charge in [0.1, 0.15) is 6.61 Å². The second kappa shape index (κ2) is 8.17. The van der Waals surface area contributed by atoms with Crippen molar-refractivity contribution in [3.05, 3.63) is 62.5 Å². The summed E-state index contributed by atoms with van der Waals surface area (Å²) >= 11 is 6.80. The molecule has 0 radical (unpaired) electrons. The quantitative estimate of drug-likeness (QED) is 0.648. The first-order chi connectivity index (χ1) is 11.0. The Hall–Kier alpha value is -1.79. The number of rotatable bonds is 6. The molecule has 4 nitrogen and oxygen atoms in total. The molecular formula is C17H14Br2O4. The van der Waals surface area contributed by atoms with Crippen molar-refractivity contribution < 1.29 is 19.4 Å². The number of ether oxygens (including phenoxy) is 2. The van der Waals surface area contributed by atoms with Crippen molar-refractivity contribution in [1.29, 1.82) is 0 Å². The van der Waals surface area contributed by atoms with E-state index in [1.807, 2.05) is 24.3 Å². The van der Waals surface area contributed by atoms with E-state index >= 15 is 0 Å². The van der Waals surface area contributed by atoms with Crippen LogP contribution in [-0.2, 0) is 11.4 Å². The van der Waals surface area contributed by atoms with Crippen LogP contribution < -0.4 is 9.47 Å². The lowest BCUT2D eigenvalue weighted by atomic mass is 10.2. The molecule has 0 saturated carbocycles. The lowest BCUT2D eigenvalue weighted by Crippen LogP contribution is -1.98. The van der Waals surface area contributed by atoms with E-state index in [4.69, 9.17) is 14.6 Å². The van der Waals surface area contributed by atoms with E-state index in [2.05, 4.69) is 31.9 Å². The Morgan fingerprint density at radius 1 is 1.17 bits per heavy atom. The lowest BCUT2D eigenvalue weighted by Gasteiger charge is -2.13. The fraction of sp³-hybridized carbons (Fsp3) is 0.118. The number of carboxylic acid groups (broad SMARTS) is 1. The molecule has 0 aliphatic rings. The van der Waals surface area contributed by atoms with Crippen LogP contribution in [0.3, 0.4) is 0 Å². The number of carboxylic acids is 1. The van der Waals surface area contributed by atoms with Crippen molar-refractivity contribution in [2.75, 3.05) is 7.11 Å². The minimum absolute atomic E-state index is 0.403. The van der Waals surface area contributed by atoms with E-state index in [0.717, 1.165) is 20.6 Å². The van der Waals surface area contributed by atoms with Crippen molar-refractivity contribution in [3.63, 3.8) is 0 Å². The maximum Gasteiger partial charge on any atom is 0.328 e. The van der Waals surface area contributed by atoms with Gasteiger partial charge in [0.2, 0.25) is 0 Å². The molecule has 2 aromatic carbocycles. The van der Waals surface area contributed by atoms with E-state index in [1.165, 1.54) is 6.08 Å². The van der Waals surface area contributed by atoms with Crippen molar-refractivity contribution >= 4 is 43.9 Å². The molecule has 6 heteroatoms. The molecular weight excluding hydrogens is 428 g/mol. The van der Waals surface area contributed by atoms with Gasteiger partial charge < -0.3 is 14.6 Å². The van der Waals surface area contributed by atoms with E-state index < -0.39 is 5.97 Å². The van der Waals surface area contributed by atoms with Crippen LogP contribution in [0.25, 0.3) is 6.08 Å². The summed E-state index contributed by atoms with van der Waals surface area (Å²) in [6, 6.07) is 11.3. The summed E-state index contributed by atoms with van der Waals surface area (Å²) in [7, 11) is 1.54. The van der Waals surface area contributed by atoms with Gasteiger partial charge in [0.15, 0.2) is 11.5 Å². The lowest BCUT2D eigenvalue weighted by molar-refractivity contribution is -0.131. The third-order valence-corrected chi connectivity index (χ3v) is 4.21. The molecule has 0 amide bonds. The van der Waals surface area contributed by atoms with Crippen LogP contribution in [0.15, 0.2) is 51.4 Å². The summed E-state index contributed by atoms with van der Waals surface area (Å²) in [4.78, 5) is 10.6. The molecule has 0 spiro atoms. The molecule has 2 rings (SSSR count). The molecule has 0 bridgehead atoms. The van der Waals surface area contributed by atoms with E-state index in [-0.39, 0.29) is 0 Å². The summed E-state index contributed by atoms with van der Waals surface area (Å²) in [5, 5.41) is 8.72. The molecule has 0 fully saturated rings. The highest BCUT2D eigenvalue weighted by Crippen LogP contribution is 2.34. The van der Waals surface area contributed by atoms with Gasteiger partial charge in [0.05, 0.1) is 7.11 Å². The van der Waals surface area contributed by atoms with E-state index in [0.29, 0.717) is 23.7 Å². The largest absolute Gasteiger partial charge is 0.493 e. The van der Waals surface area contributed by atoms with Gasteiger partial charge in [0.25, 0.3) is 0 Å². The van der Waals surface area contributed by atoms with Crippen LogP contribution in [0.2, 0.25) is 0 Å². The highest BCUT2D eigenvalue weighted by molar-refractivity contribution is 9.10. The Labute approximate surface area is 151 Å². The van der Waals surface area contributed by atoms with Crippen molar-refractivity contribution in [3.8, 4) is 11.5 Å². The average molecular weight is 442 g/mol. The second-order valence-electron chi connectivity index (χ2n) is 4.61. The average Bonchev–Trinajstić information content (AvgIpc) is 2.53. The van der Waals surface area contributed by atoms with Crippen LogP contribution in [0, 0.1) is 0 Å². The summed E-state index contributed by atoms with van der Waals surface area (Å²) in [6.07, 6.45) is 2.56. The SMILES string of the molecule is COc1cc(C=CC(=O)O)c(Br)cc1OCc1ccc(Br)cc1. The zero-order valence-corrected chi connectivity index (χ0v) is 15.4. The van der Waals surface area contributed by atoms with E-state index in [9.17, 15) is 4.79 Å². The second-order valence-corrected chi connectivity index (χ2v) is 6.38. The van der Waals surface area contributed by atoms with Gasteiger partial charge in [0, 0.05) is 15.0 Å². The van der Waals surface area contributed by atoms with Crippen LogP contribution in [0.1, 0.15) is 11.1 Å². The molecule has 120 valence electrons. The smallest absolute Gasteiger partial charge is 0.328 e. The van der Waals surface area contributed by atoms with E-state index in [1.54, 1.807) is 19.2 Å². The molecule has 0 unspecified atom stereocenters. The molecule has 0 aliphatic carbocycles. The van der Waals surface area contributed by atoms with Crippen LogP contribution in [-0.4, -0.2) is 18.2 Å². The van der Waals surface area contributed by atoms with Crippen LogP contribution in [0.5, 0.6) is 11.5 Å². The summed E-state index contributed by atoms with van der Waals surface area (Å²) < 4.78 is 12.9. The minimum Gasteiger partial charge on any atom is -0.493 e. The first-order valence-electron chi connectivity index (χ1n) is 6.65. The number of halogens is 2. The summed E-state index contributed by atoms with van der Waals surface area (Å²) in [5.41, 5.74) is 1.72. The Balaban J connectivity index is 2.19. The highest BCUT2D eigenvalue weighted by Gasteiger charge is 2.09. The minimum atomic E-state index is -1.01. The summed E-state index contributed by atoms with van der Waals surface area (Å²) in [6.45, 7) is 0.403. The summed E-state index contributed by atoms with van der Waals surface area (Å²) in [5.74, 6) is 0.108. The standard InChI is InChI=1S/C17H14Br2O4/c1-22-15-8-12(4-7-17(20)21)14(19)9-16(15)23-10-11-2-5-13(18)6-3-11/h2-9H,10H2,1H3,(H,20,21). The fourth-order valence-corrected chi connectivity index (χ4v) is 2.57. The molecule has 0 aromatic heterocycles. The Morgan fingerprint density at radius 2 is 1.87 bits per heavy atom. The Bertz CT molecular complexity index is 724. The van der Waals surface area contributed by atoms with Gasteiger partial charge in [-0.1, -0.05) is 44.0 Å². The number of aliphatic carboxylic acids is 1. The number of benzene rings is 2. The van der Waals surface area contributed by atoms with Crippen molar-refractivity contribution in [2.45, 2.75) is 6.61 Å². The van der Waals surface area contributed by atoms with Crippen LogP contribution in [0.4, 0.5) is 0 Å². The van der Waals surface area contributed by atoms with Gasteiger partial charge in [-0.2, -0.15) is 0 Å². The zero-order chi connectivity index (χ0) is 16.8. The van der Waals surface area contributed by atoms with Gasteiger partial charge in [-0.25, -0.2) is 4.79 Å². The van der Waals surface area contributed by atoms with Gasteiger partial charge in [-0.05, 0) is 41.5 Å². The first kappa shape index (κ1) is 17.6. The molecule has 23 heavy (non-hydrogen) atoms. The highest BCUT2D eigenvalue weighted by atomic mass is 79.9. The normalized spacial score (nSPS) is 10.7. The third-order valence-electron chi connectivity index (χ3n) is 3.00. The predicted molar refractivity (Wildman–Crippen MR) is 95.8 cm³/mol. The topological polar surface area (TPSA) is 55.8 Å². The maximum atomic E-state index is 10.6. The van der Waals surface area contributed by atoms with Gasteiger partial charge in [-0.3, -0.25) is 0 Å². The van der Waals surface area contributed by atoms with Gasteiger partial charge in [-0.15, -0.1) is 0 Å². The fourth-order valence-electron chi connectivity index (χ4n) is 1.85. The molecule has 0 saturated heterocycles. The Kier molecular flexibility index (Phi) is 6.24. The van der Waals surface area contributed by atoms with Crippen molar-refractivity contribution in [1.82, 2.24) is 0 Å². The predicted octanol–water partition coefficient (Wildman–Crippen LogP) is 4.90. The third kappa shape index (κ3) is 5.11. The number of hydrogen-bond acceptors (Lipinski definition) is 3. The monoisotopic (exact) mass is 440 g/mol. The Morgan fingerprint density at radius 3 is 2.48 bits per heavy atom. The number of carbonyl (C=O) groups is 1. The zero-order valence-electron chi connectivity index (χ0n) is 12.3. The molecule has 0 heterocycles. The molecule has 1 N–H and O–H groups in total. The maximum absolute atomic E-state index is 10.6. The molecule has 2 aromatic rings. The van der Waals surface area contributed by atoms with Crippen LogP contribution >= 0.6 is 31.9 Å². The molecule has 0 aliphatic heterocycles.